The Balaban J connectivity index is 1.55. The zero-order valence-electron chi connectivity index (χ0n) is 15.6. The summed E-state index contributed by atoms with van der Waals surface area (Å²) >= 11 is 0. The lowest BCUT2D eigenvalue weighted by atomic mass is 9.78. The molecule has 3 atom stereocenters. The zero-order valence-corrected chi connectivity index (χ0v) is 15.6. The fourth-order valence-electron chi connectivity index (χ4n) is 3.58. The minimum atomic E-state index is -0.529. The van der Waals surface area contributed by atoms with Gasteiger partial charge in [0.15, 0.2) is 6.61 Å². The molecule has 26 heavy (non-hydrogen) atoms. The molecule has 0 radical (unpaired) electrons. The molecule has 0 spiro atoms. The van der Waals surface area contributed by atoms with Crippen molar-refractivity contribution >= 4 is 22.9 Å². The fraction of sp³-hybridized carbons (Fsp3) is 0.579. The van der Waals surface area contributed by atoms with E-state index >= 15 is 0 Å². The van der Waals surface area contributed by atoms with Gasteiger partial charge in [0.2, 0.25) is 0 Å². The molecule has 1 heterocycles. The highest BCUT2D eigenvalue weighted by Gasteiger charge is 2.28. The number of fused-ring (bicyclic) bond motifs is 1. The molecule has 7 heteroatoms. The number of ether oxygens (including phenoxy) is 1. The van der Waals surface area contributed by atoms with Crippen LogP contribution in [0.4, 0.5) is 0 Å². The van der Waals surface area contributed by atoms with Crippen LogP contribution < -0.4 is 5.32 Å². The molecule has 2 aromatic rings. The van der Waals surface area contributed by atoms with Crippen molar-refractivity contribution in [3.63, 3.8) is 0 Å². The van der Waals surface area contributed by atoms with Crippen molar-refractivity contribution in [2.45, 2.75) is 52.6 Å². The lowest BCUT2D eigenvalue weighted by Crippen LogP contribution is -2.45. The summed E-state index contributed by atoms with van der Waals surface area (Å²) in [4.78, 5) is 24.4. The van der Waals surface area contributed by atoms with Crippen molar-refractivity contribution in [2.24, 2.45) is 11.8 Å². The van der Waals surface area contributed by atoms with Crippen molar-refractivity contribution in [2.75, 3.05) is 6.61 Å². The zero-order chi connectivity index (χ0) is 18.7. The van der Waals surface area contributed by atoms with Gasteiger partial charge in [-0.2, -0.15) is 0 Å². The number of rotatable bonds is 5. The molecule has 0 unspecified atom stereocenters. The quantitative estimate of drug-likeness (QED) is 0.830. The van der Waals surface area contributed by atoms with E-state index in [0.29, 0.717) is 29.5 Å². The minimum Gasteiger partial charge on any atom is -0.452 e. The smallest absolute Gasteiger partial charge is 0.338 e. The van der Waals surface area contributed by atoms with Gasteiger partial charge in [-0.05, 0) is 43.4 Å². The number of amides is 1. The number of hydrogen-bond acceptors (Lipinski definition) is 5. The number of hydrogen-bond donors (Lipinski definition) is 1. The number of benzene rings is 1. The number of aryl methyl sites for hydroxylation is 1. The second-order valence-electron chi connectivity index (χ2n) is 7.13. The standard InChI is InChI=1S/C19H26N4O3/c1-4-23-17-9-8-14(10-16(17)21-22-23)19(25)26-11-18(24)20-15-7-5-6-12(2)13(15)3/h8-10,12-13,15H,4-7,11H2,1-3H3,(H,20,24)/t12-,13-,15+/m0/s1. The van der Waals surface area contributed by atoms with Gasteiger partial charge in [-0.1, -0.05) is 31.9 Å². The SMILES string of the molecule is CCn1nnc2cc(C(=O)OCC(=O)N[C@@H]3CCC[C@H](C)[C@@H]3C)ccc21. The van der Waals surface area contributed by atoms with Gasteiger partial charge in [0.1, 0.15) is 5.52 Å². The van der Waals surface area contributed by atoms with Crippen molar-refractivity contribution in [1.29, 1.82) is 0 Å². The van der Waals surface area contributed by atoms with Gasteiger partial charge in [0.05, 0.1) is 11.1 Å². The third-order valence-corrected chi connectivity index (χ3v) is 5.44. The molecule has 1 aromatic carbocycles. The Bertz CT molecular complexity index is 801. The van der Waals surface area contributed by atoms with Crippen LogP contribution in [0.2, 0.25) is 0 Å². The van der Waals surface area contributed by atoms with Crippen LogP contribution in [-0.4, -0.2) is 39.5 Å². The Kier molecular flexibility index (Phi) is 5.54. The molecular formula is C19H26N4O3. The van der Waals surface area contributed by atoms with Gasteiger partial charge in [-0.3, -0.25) is 4.79 Å². The van der Waals surface area contributed by atoms with E-state index in [1.807, 2.05) is 6.92 Å². The molecule has 1 fully saturated rings. The molecule has 3 rings (SSSR count). The molecule has 0 saturated heterocycles. The molecule has 1 aliphatic carbocycles. The van der Waals surface area contributed by atoms with Gasteiger partial charge >= 0.3 is 5.97 Å². The Morgan fingerprint density at radius 2 is 2.12 bits per heavy atom. The van der Waals surface area contributed by atoms with Crippen LogP contribution in [0.5, 0.6) is 0 Å². The van der Waals surface area contributed by atoms with Gasteiger partial charge in [0.25, 0.3) is 5.91 Å². The summed E-state index contributed by atoms with van der Waals surface area (Å²) in [6.45, 7) is 6.80. The van der Waals surface area contributed by atoms with Crippen molar-refractivity contribution < 1.29 is 14.3 Å². The van der Waals surface area contributed by atoms with E-state index in [-0.39, 0.29) is 18.6 Å². The lowest BCUT2D eigenvalue weighted by molar-refractivity contribution is -0.125. The van der Waals surface area contributed by atoms with Crippen LogP contribution in [0.25, 0.3) is 11.0 Å². The van der Waals surface area contributed by atoms with E-state index in [1.54, 1.807) is 22.9 Å². The average molecular weight is 358 g/mol. The average Bonchev–Trinajstić information content (AvgIpc) is 3.05. The molecule has 1 N–H and O–H groups in total. The highest BCUT2D eigenvalue weighted by atomic mass is 16.5. The van der Waals surface area contributed by atoms with E-state index in [0.717, 1.165) is 18.4 Å². The molecule has 1 amide bonds. The summed E-state index contributed by atoms with van der Waals surface area (Å²) < 4.78 is 6.92. The van der Waals surface area contributed by atoms with Crippen LogP contribution in [-0.2, 0) is 16.1 Å². The molecule has 1 aromatic heterocycles. The summed E-state index contributed by atoms with van der Waals surface area (Å²) in [6.07, 6.45) is 3.30. The third-order valence-electron chi connectivity index (χ3n) is 5.44. The Labute approximate surface area is 153 Å². The molecule has 1 aliphatic rings. The Hall–Kier alpha value is -2.44. The molecule has 140 valence electrons. The second-order valence-corrected chi connectivity index (χ2v) is 7.13. The summed E-state index contributed by atoms with van der Waals surface area (Å²) in [7, 11) is 0. The second kappa shape index (κ2) is 7.85. The minimum absolute atomic E-state index is 0.158. The molecule has 0 bridgehead atoms. The summed E-state index contributed by atoms with van der Waals surface area (Å²) in [5.74, 6) is 0.257. The monoisotopic (exact) mass is 358 g/mol. The highest BCUT2D eigenvalue weighted by molar-refractivity contribution is 5.94. The molecular weight excluding hydrogens is 332 g/mol. The van der Waals surface area contributed by atoms with Crippen molar-refractivity contribution in [3.8, 4) is 0 Å². The molecule has 1 saturated carbocycles. The third kappa shape index (κ3) is 3.86. The first-order valence-corrected chi connectivity index (χ1v) is 9.29. The van der Waals surface area contributed by atoms with Crippen LogP contribution >= 0.6 is 0 Å². The number of carbonyl (C=O) groups is 2. The topological polar surface area (TPSA) is 86.1 Å². The Morgan fingerprint density at radius 3 is 2.88 bits per heavy atom. The molecule has 7 nitrogen and oxygen atoms in total. The van der Waals surface area contributed by atoms with E-state index in [2.05, 4.69) is 29.5 Å². The fourth-order valence-corrected chi connectivity index (χ4v) is 3.58. The van der Waals surface area contributed by atoms with Gasteiger partial charge in [0, 0.05) is 12.6 Å². The maximum absolute atomic E-state index is 12.2. The first kappa shape index (κ1) is 18.4. The predicted molar refractivity (Wildman–Crippen MR) is 97.6 cm³/mol. The summed E-state index contributed by atoms with van der Waals surface area (Å²) in [5, 5.41) is 11.1. The number of aromatic nitrogens is 3. The normalized spacial score (nSPS) is 23.0. The van der Waals surface area contributed by atoms with Crippen LogP contribution in [0.1, 0.15) is 50.4 Å². The van der Waals surface area contributed by atoms with E-state index in [4.69, 9.17) is 4.74 Å². The highest BCUT2D eigenvalue weighted by Crippen LogP contribution is 2.29. The van der Waals surface area contributed by atoms with Crippen molar-refractivity contribution in [1.82, 2.24) is 20.3 Å². The van der Waals surface area contributed by atoms with Gasteiger partial charge in [-0.25, -0.2) is 9.48 Å². The number of esters is 1. The number of nitrogens with zero attached hydrogens (tertiary/aromatic N) is 3. The maximum Gasteiger partial charge on any atom is 0.338 e. The summed E-state index contributed by atoms with van der Waals surface area (Å²) in [5.41, 5.74) is 1.87. The first-order chi connectivity index (χ1) is 12.5. The van der Waals surface area contributed by atoms with E-state index < -0.39 is 5.97 Å². The summed E-state index contributed by atoms with van der Waals surface area (Å²) in [6, 6.07) is 5.26. The lowest BCUT2D eigenvalue weighted by Gasteiger charge is -2.34. The van der Waals surface area contributed by atoms with Gasteiger partial charge in [-0.15, -0.1) is 5.10 Å². The van der Waals surface area contributed by atoms with E-state index in [9.17, 15) is 9.59 Å². The van der Waals surface area contributed by atoms with Gasteiger partial charge < -0.3 is 10.1 Å². The predicted octanol–water partition coefficient (Wildman–Crippen LogP) is 2.55. The Morgan fingerprint density at radius 1 is 1.31 bits per heavy atom. The first-order valence-electron chi connectivity index (χ1n) is 9.29. The van der Waals surface area contributed by atoms with Crippen LogP contribution in [0, 0.1) is 11.8 Å². The number of nitrogens with one attached hydrogen (secondary N) is 1. The number of carbonyl (C=O) groups excluding carboxylic acids is 2. The maximum atomic E-state index is 12.2. The van der Waals surface area contributed by atoms with Crippen LogP contribution in [0.3, 0.4) is 0 Å². The van der Waals surface area contributed by atoms with Crippen molar-refractivity contribution in [3.05, 3.63) is 23.8 Å². The van der Waals surface area contributed by atoms with E-state index in [1.165, 1.54) is 6.42 Å². The largest absolute Gasteiger partial charge is 0.452 e. The molecule has 0 aliphatic heterocycles. The van der Waals surface area contributed by atoms with Crippen LogP contribution in [0.15, 0.2) is 18.2 Å².